The largest absolute Gasteiger partial charge is 0.482 e. The minimum Gasteiger partial charge on any atom is -0.482 e. The van der Waals surface area contributed by atoms with Crippen LogP contribution in [0.3, 0.4) is 0 Å². The Balaban J connectivity index is 1.98. The first-order chi connectivity index (χ1) is 10.7. The minimum atomic E-state index is -0.0943. The number of rotatable bonds is 7. The molecule has 2 amide bonds. The summed E-state index contributed by atoms with van der Waals surface area (Å²) < 4.78 is 5.41. The SMILES string of the molecule is CCCCN(CC)C(=O)CCN1C(=O)COc2ccccc21. The van der Waals surface area contributed by atoms with E-state index in [4.69, 9.17) is 4.74 Å². The maximum absolute atomic E-state index is 12.3. The highest BCUT2D eigenvalue weighted by molar-refractivity contribution is 5.98. The highest BCUT2D eigenvalue weighted by Crippen LogP contribution is 2.31. The molecule has 0 spiro atoms. The quantitative estimate of drug-likeness (QED) is 0.777. The lowest BCUT2D eigenvalue weighted by Crippen LogP contribution is -2.41. The molecule has 2 rings (SSSR count). The van der Waals surface area contributed by atoms with E-state index < -0.39 is 0 Å². The Hall–Kier alpha value is -2.04. The van der Waals surface area contributed by atoms with Crippen LogP contribution in [0.5, 0.6) is 5.75 Å². The molecule has 1 aromatic carbocycles. The molecule has 0 bridgehead atoms. The van der Waals surface area contributed by atoms with Crippen molar-refractivity contribution in [3.05, 3.63) is 24.3 Å². The van der Waals surface area contributed by atoms with Crippen molar-refractivity contribution in [2.75, 3.05) is 31.1 Å². The lowest BCUT2D eigenvalue weighted by molar-refractivity contribution is -0.131. The molecule has 0 aliphatic carbocycles. The van der Waals surface area contributed by atoms with Gasteiger partial charge in [0.2, 0.25) is 5.91 Å². The van der Waals surface area contributed by atoms with Crippen molar-refractivity contribution < 1.29 is 14.3 Å². The Kier molecular flexibility index (Phi) is 5.81. The highest BCUT2D eigenvalue weighted by atomic mass is 16.5. The van der Waals surface area contributed by atoms with Gasteiger partial charge in [-0.3, -0.25) is 9.59 Å². The first-order valence-corrected chi connectivity index (χ1v) is 7.97. The molecule has 0 saturated carbocycles. The van der Waals surface area contributed by atoms with Crippen LogP contribution in [0, 0.1) is 0 Å². The van der Waals surface area contributed by atoms with Gasteiger partial charge in [-0.25, -0.2) is 0 Å². The summed E-state index contributed by atoms with van der Waals surface area (Å²) in [6.45, 7) is 6.05. The van der Waals surface area contributed by atoms with Crippen molar-refractivity contribution in [2.45, 2.75) is 33.1 Å². The number of amides is 2. The first kappa shape index (κ1) is 16.3. The predicted octanol–water partition coefficient (Wildman–Crippen LogP) is 2.45. The molecule has 5 heteroatoms. The number of benzene rings is 1. The van der Waals surface area contributed by atoms with Gasteiger partial charge in [0.15, 0.2) is 6.61 Å². The molecule has 0 N–H and O–H groups in total. The lowest BCUT2D eigenvalue weighted by Gasteiger charge is -2.30. The average Bonchev–Trinajstić information content (AvgIpc) is 2.54. The third-order valence-electron chi connectivity index (χ3n) is 3.87. The van der Waals surface area contributed by atoms with Crippen molar-refractivity contribution in [2.24, 2.45) is 0 Å². The number of fused-ring (bicyclic) bond motifs is 1. The van der Waals surface area contributed by atoms with E-state index in [2.05, 4.69) is 6.92 Å². The molecule has 1 aromatic rings. The Bertz CT molecular complexity index is 530. The van der Waals surface area contributed by atoms with Crippen molar-refractivity contribution in [1.29, 1.82) is 0 Å². The van der Waals surface area contributed by atoms with E-state index in [-0.39, 0.29) is 18.4 Å². The van der Waals surface area contributed by atoms with Crippen LogP contribution in [0.25, 0.3) is 0 Å². The summed E-state index contributed by atoms with van der Waals surface area (Å²) in [7, 11) is 0. The van der Waals surface area contributed by atoms with Crippen LogP contribution < -0.4 is 9.64 Å². The van der Waals surface area contributed by atoms with Crippen LogP contribution in [-0.2, 0) is 9.59 Å². The van der Waals surface area contributed by atoms with Crippen molar-refractivity contribution in [1.82, 2.24) is 4.90 Å². The van der Waals surface area contributed by atoms with Gasteiger partial charge in [0.25, 0.3) is 5.91 Å². The standard InChI is InChI=1S/C17H24N2O3/c1-3-5-11-18(4-2)16(20)10-12-19-14-8-6-7-9-15(14)22-13-17(19)21/h6-9H,3-5,10-13H2,1-2H3. The van der Waals surface area contributed by atoms with Crippen LogP contribution in [0.15, 0.2) is 24.3 Å². The van der Waals surface area contributed by atoms with Crippen LogP contribution in [0.2, 0.25) is 0 Å². The maximum Gasteiger partial charge on any atom is 0.265 e. The minimum absolute atomic E-state index is 0.0402. The summed E-state index contributed by atoms with van der Waals surface area (Å²) in [5.74, 6) is 0.712. The zero-order valence-electron chi connectivity index (χ0n) is 13.4. The molecule has 5 nitrogen and oxygen atoms in total. The van der Waals surface area contributed by atoms with E-state index in [0.29, 0.717) is 25.3 Å². The molecule has 22 heavy (non-hydrogen) atoms. The Morgan fingerprint density at radius 2 is 2.09 bits per heavy atom. The summed E-state index contributed by atoms with van der Waals surface area (Å²) in [5, 5.41) is 0. The van der Waals surface area contributed by atoms with Gasteiger partial charge in [-0.15, -0.1) is 0 Å². The smallest absolute Gasteiger partial charge is 0.265 e. The molecule has 1 aliphatic rings. The van der Waals surface area contributed by atoms with E-state index in [1.807, 2.05) is 36.1 Å². The summed E-state index contributed by atoms with van der Waals surface area (Å²) in [6.07, 6.45) is 2.43. The zero-order chi connectivity index (χ0) is 15.9. The topological polar surface area (TPSA) is 49.9 Å². The second-order valence-corrected chi connectivity index (χ2v) is 5.38. The van der Waals surface area contributed by atoms with Crippen LogP contribution in [0.1, 0.15) is 33.1 Å². The molecular weight excluding hydrogens is 280 g/mol. The Morgan fingerprint density at radius 3 is 2.82 bits per heavy atom. The van der Waals surface area contributed by atoms with Crippen LogP contribution in [-0.4, -0.2) is 43.0 Å². The number of hydrogen-bond donors (Lipinski definition) is 0. The number of carbonyl (C=O) groups is 2. The fraction of sp³-hybridized carbons (Fsp3) is 0.529. The average molecular weight is 304 g/mol. The van der Waals surface area contributed by atoms with Crippen LogP contribution >= 0.6 is 0 Å². The molecule has 1 aliphatic heterocycles. The summed E-state index contributed by atoms with van der Waals surface area (Å²) in [4.78, 5) is 27.9. The van der Waals surface area contributed by atoms with E-state index in [1.165, 1.54) is 0 Å². The van der Waals surface area contributed by atoms with E-state index in [0.717, 1.165) is 25.1 Å². The normalized spacial score (nSPS) is 13.5. The number of ether oxygens (including phenoxy) is 1. The van der Waals surface area contributed by atoms with Gasteiger partial charge >= 0.3 is 0 Å². The fourth-order valence-corrected chi connectivity index (χ4v) is 2.57. The second kappa shape index (κ2) is 7.82. The van der Waals surface area contributed by atoms with Gasteiger partial charge in [0.05, 0.1) is 5.69 Å². The van der Waals surface area contributed by atoms with E-state index in [9.17, 15) is 9.59 Å². The highest BCUT2D eigenvalue weighted by Gasteiger charge is 2.25. The predicted molar refractivity (Wildman–Crippen MR) is 86.1 cm³/mol. The van der Waals surface area contributed by atoms with Crippen molar-refractivity contribution in [3.8, 4) is 5.75 Å². The van der Waals surface area contributed by atoms with Crippen LogP contribution in [0.4, 0.5) is 5.69 Å². The van der Waals surface area contributed by atoms with E-state index >= 15 is 0 Å². The Morgan fingerprint density at radius 1 is 1.32 bits per heavy atom. The van der Waals surface area contributed by atoms with Gasteiger partial charge in [-0.2, -0.15) is 0 Å². The maximum atomic E-state index is 12.3. The number of carbonyl (C=O) groups excluding carboxylic acids is 2. The molecule has 0 radical (unpaired) electrons. The molecule has 1 heterocycles. The Labute approximate surface area is 131 Å². The molecule has 0 fully saturated rings. The second-order valence-electron chi connectivity index (χ2n) is 5.38. The number of nitrogens with zero attached hydrogens (tertiary/aromatic N) is 2. The number of hydrogen-bond acceptors (Lipinski definition) is 3. The van der Waals surface area contributed by atoms with E-state index in [1.54, 1.807) is 4.90 Å². The van der Waals surface area contributed by atoms with Gasteiger partial charge < -0.3 is 14.5 Å². The molecular formula is C17H24N2O3. The number of para-hydroxylation sites is 2. The van der Waals surface area contributed by atoms with Crippen molar-refractivity contribution >= 4 is 17.5 Å². The fourth-order valence-electron chi connectivity index (χ4n) is 2.57. The summed E-state index contributed by atoms with van der Waals surface area (Å²) in [5.41, 5.74) is 0.753. The van der Waals surface area contributed by atoms with Gasteiger partial charge in [-0.05, 0) is 25.5 Å². The van der Waals surface area contributed by atoms with Gasteiger partial charge in [0.1, 0.15) is 5.75 Å². The summed E-state index contributed by atoms with van der Waals surface area (Å²) >= 11 is 0. The lowest BCUT2D eigenvalue weighted by atomic mass is 10.2. The third kappa shape index (κ3) is 3.78. The summed E-state index contributed by atoms with van der Waals surface area (Å²) in [6, 6.07) is 7.44. The van der Waals surface area contributed by atoms with Crippen molar-refractivity contribution in [3.63, 3.8) is 0 Å². The molecule has 0 saturated heterocycles. The molecule has 0 unspecified atom stereocenters. The number of unbranched alkanes of at least 4 members (excludes halogenated alkanes) is 1. The van der Waals surface area contributed by atoms with Gasteiger partial charge in [0, 0.05) is 26.1 Å². The molecule has 0 aromatic heterocycles. The van der Waals surface area contributed by atoms with Gasteiger partial charge in [-0.1, -0.05) is 25.5 Å². The molecule has 0 atom stereocenters. The first-order valence-electron chi connectivity index (χ1n) is 7.97. The molecule has 120 valence electrons. The zero-order valence-corrected chi connectivity index (χ0v) is 13.4. The third-order valence-corrected chi connectivity index (χ3v) is 3.87. The monoisotopic (exact) mass is 304 g/mol. The number of anilines is 1.